The minimum absolute atomic E-state index is 0.211. The van der Waals surface area contributed by atoms with Crippen molar-refractivity contribution in [3.8, 4) is 11.5 Å². The van der Waals surface area contributed by atoms with E-state index in [1.54, 1.807) is 12.1 Å². The number of aromatic nitrogens is 2. The lowest BCUT2D eigenvalue weighted by atomic mass is 10.1. The van der Waals surface area contributed by atoms with Crippen LogP contribution in [0, 0.1) is 0 Å². The normalized spacial score (nSPS) is 19.3. The van der Waals surface area contributed by atoms with Gasteiger partial charge in [0, 0.05) is 12.5 Å². The van der Waals surface area contributed by atoms with Crippen molar-refractivity contribution in [2.75, 3.05) is 18.9 Å². The molecule has 1 atom stereocenters. The summed E-state index contributed by atoms with van der Waals surface area (Å²) in [4.78, 5) is 4.37. The number of ether oxygens (including phenoxy) is 1. The van der Waals surface area contributed by atoms with Gasteiger partial charge in [-0.3, -0.25) is 0 Å². The molecule has 1 unspecified atom stereocenters. The first kappa shape index (κ1) is 11.5. The van der Waals surface area contributed by atoms with E-state index in [-0.39, 0.29) is 5.92 Å². The van der Waals surface area contributed by atoms with Crippen LogP contribution in [0.15, 0.2) is 22.7 Å². The van der Waals surface area contributed by atoms with Gasteiger partial charge in [0.25, 0.3) is 5.89 Å². The molecule has 1 aliphatic rings. The molecule has 1 aromatic heterocycles. The summed E-state index contributed by atoms with van der Waals surface area (Å²) in [5, 5.41) is 4.46. The molecule has 0 aliphatic carbocycles. The van der Waals surface area contributed by atoms with E-state index in [0.717, 1.165) is 13.0 Å². The van der Waals surface area contributed by atoms with E-state index in [4.69, 9.17) is 26.6 Å². The van der Waals surface area contributed by atoms with Gasteiger partial charge in [-0.05, 0) is 18.6 Å². The van der Waals surface area contributed by atoms with Crippen LogP contribution in [0.4, 0.5) is 5.69 Å². The number of para-hydroxylation sites is 1. The fourth-order valence-electron chi connectivity index (χ4n) is 1.97. The molecule has 2 N–H and O–H groups in total. The summed E-state index contributed by atoms with van der Waals surface area (Å²) < 4.78 is 10.5. The quantitative estimate of drug-likeness (QED) is 0.845. The topological polar surface area (TPSA) is 74.2 Å². The molecule has 3 rings (SSSR count). The number of nitrogen functional groups attached to an aromatic ring is 1. The maximum atomic E-state index is 5.96. The van der Waals surface area contributed by atoms with Crippen molar-refractivity contribution in [1.82, 2.24) is 10.1 Å². The number of rotatable bonds is 2. The summed E-state index contributed by atoms with van der Waals surface area (Å²) in [6.07, 6.45) is 0.921. The molecule has 0 radical (unpaired) electrons. The average molecular weight is 266 g/mol. The van der Waals surface area contributed by atoms with Gasteiger partial charge in [0.05, 0.1) is 22.9 Å². The van der Waals surface area contributed by atoms with Gasteiger partial charge in [0.15, 0.2) is 5.82 Å². The Bertz CT molecular complexity index is 564. The van der Waals surface area contributed by atoms with Crippen LogP contribution < -0.4 is 5.73 Å². The molecule has 0 spiro atoms. The summed E-state index contributed by atoms with van der Waals surface area (Å²) in [6, 6.07) is 5.34. The summed E-state index contributed by atoms with van der Waals surface area (Å²) in [5.41, 5.74) is 7.02. The van der Waals surface area contributed by atoms with Gasteiger partial charge in [-0.1, -0.05) is 22.8 Å². The Balaban J connectivity index is 1.95. The number of benzene rings is 1. The number of halogens is 1. The van der Waals surface area contributed by atoms with Crippen LogP contribution >= 0.6 is 11.6 Å². The molecule has 6 heteroatoms. The lowest BCUT2D eigenvalue weighted by Crippen LogP contribution is -1.99. The Hall–Kier alpha value is -1.59. The Morgan fingerprint density at radius 1 is 1.39 bits per heavy atom. The average Bonchev–Trinajstić information content (AvgIpc) is 3.01. The largest absolute Gasteiger partial charge is 0.397 e. The van der Waals surface area contributed by atoms with Crippen molar-refractivity contribution >= 4 is 17.3 Å². The van der Waals surface area contributed by atoms with Crippen molar-refractivity contribution in [2.45, 2.75) is 12.3 Å². The highest BCUT2D eigenvalue weighted by Gasteiger charge is 2.24. The highest BCUT2D eigenvalue weighted by atomic mass is 35.5. The zero-order valence-corrected chi connectivity index (χ0v) is 10.4. The van der Waals surface area contributed by atoms with E-state index in [1.165, 1.54) is 0 Å². The maximum Gasteiger partial charge on any atom is 0.260 e. The molecule has 0 bridgehead atoms. The van der Waals surface area contributed by atoms with E-state index in [9.17, 15) is 0 Å². The SMILES string of the molecule is Nc1c(Cl)cccc1-c1nc(C2CCOC2)no1. The summed E-state index contributed by atoms with van der Waals surface area (Å²) in [5.74, 6) is 1.28. The molecule has 0 amide bonds. The van der Waals surface area contributed by atoms with Crippen molar-refractivity contribution < 1.29 is 9.26 Å². The van der Waals surface area contributed by atoms with E-state index < -0.39 is 0 Å². The molecule has 2 heterocycles. The maximum absolute atomic E-state index is 5.96. The Morgan fingerprint density at radius 3 is 3.06 bits per heavy atom. The van der Waals surface area contributed by atoms with Crippen LogP contribution in [0.2, 0.25) is 5.02 Å². The van der Waals surface area contributed by atoms with Gasteiger partial charge in [-0.25, -0.2) is 0 Å². The highest BCUT2D eigenvalue weighted by Crippen LogP contribution is 2.31. The second-order valence-electron chi connectivity index (χ2n) is 4.22. The first-order chi connectivity index (χ1) is 8.75. The first-order valence-corrected chi connectivity index (χ1v) is 6.09. The Morgan fingerprint density at radius 2 is 2.28 bits per heavy atom. The van der Waals surface area contributed by atoms with Gasteiger partial charge < -0.3 is 15.0 Å². The molecule has 2 aromatic rings. The second-order valence-corrected chi connectivity index (χ2v) is 4.63. The van der Waals surface area contributed by atoms with Crippen LogP contribution in [0.3, 0.4) is 0 Å². The van der Waals surface area contributed by atoms with Crippen LogP contribution in [-0.4, -0.2) is 23.4 Å². The number of nitrogens with two attached hydrogens (primary N) is 1. The summed E-state index contributed by atoms with van der Waals surface area (Å²) >= 11 is 5.96. The Kier molecular flexibility index (Phi) is 2.93. The van der Waals surface area contributed by atoms with E-state index in [2.05, 4.69) is 10.1 Å². The minimum Gasteiger partial charge on any atom is -0.397 e. The smallest absolute Gasteiger partial charge is 0.260 e. The van der Waals surface area contributed by atoms with Crippen LogP contribution in [-0.2, 0) is 4.74 Å². The molecule has 1 fully saturated rings. The fourth-order valence-corrected chi connectivity index (χ4v) is 2.15. The third kappa shape index (κ3) is 1.95. The van der Waals surface area contributed by atoms with E-state index >= 15 is 0 Å². The number of hydrogen-bond acceptors (Lipinski definition) is 5. The minimum atomic E-state index is 0.211. The molecule has 0 saturated carbocycles. The number of anilines is 1. The molecule has 1 aliphatic heterocycles. The van der Waals surface area contributed by atoms with E-state index in [0.29, 0.717) is 34.6 Å². The van der Waals surface area contributed by atoms with Crippen molar-refractivity contribution in [3.05, 3.63) is 29.0 Å². The van der Waals surface area contributed by atoms with Gasteiger partial charge in [-0.2, -0.15) is 4.98 Å². The standard InChI is InChI=1S/C12H12ClN3O2/c13-9-3-1-2-8(10(9)14)12-15-11(16-18-12)7-4-5-17-6-7/h1-3,7H,4-6,14H2. The lowest BCUT2D eigenvalue weighted by molar-refractivity contribution is 0.192. The van der Waals surface area contributed by atoms with Crippen LogP contribution in [0.25, 0.3) is 11.5 Å². The van der Waals surface area contributed by atoms with Gasteiger partial charge >= 0.3 is 0 Å². The molecule has 94 valence electrons. The summed E-state index contributed by atoms with van der Waals surface area (Å²) in [7, 11) is 0. The van der Waals surface area contributed by atoms with Crippen molar-refractivity contribution in [3.63, 3.8) is 0 Å². The lowest BCUT2D eigenvalue weighted by Gasteiger charge is -2.02. The van der Waals surface area contributed by atoms with E-state index in [1.807, 2.05) is 6.07 Å². The molecule has 1 aromatic carbocycles. The first-order valence-electron chi connectivity index (χ1n) is 5.71. The highest BCUT2D eigenvalue weighted by molar-refractivity contribution is 6.33. The predicted octanol–water partition coefficient (Wildman–Crippen LogP) is 2.48. The zero-order valence-electron chi connectivity index (χ0n) is 9.60. The molecule has 5 nitrogen and oxygen atoms in total. The van der Waals surface area contributed by atoms with Gasteiger partial charge in [0.1, 0.15) is 0 Å². The monoisotopic (exact) mass is 265 g/mol. The van der Waals surface area contributed by atoms with Gasteiger partial charge in [0.2, 0.25) is 0 Å². The Labute approximate surface area is 109 Å². The van der Waals surface area contributed by atoms with Gasteiger partial charge in [-0.15, -0.1) is 0 Å². The predicted molar refractivity (Wildman–Crippen MR) is 67.3 cm³/mol. The summed E-state index contributed by atoms with van der Waals surface area (Å²) in [6.45, 7) is 1.39. The van der Waals surface area contributed by atoms with Crippen LogP contribution in [0.1, 0.15) is 18.2 Å². The van der Waals surface area contributed by atoms with Crippen molar-refractivity contribution in [2.24, 2.45) is 0 Å². The third-order valence-electron chi connectivity index (χ3n) is 3.02. The second kappa shape index (κ2) is 4.59. The fraction of sp³-hybridized carbons (Fsp3) is 0.333. The molecule has 18 heavy (non-hydrogen) atoms. The third-order valence-corrected chi connectivity index (χ3v) is 3.35. The number of hydrogen-bond donors (Lipinski definition) is 1. The molecular weight excluding hydrogens is 254 g/mol. The van der Waals surface area contributed by atoms with Crippen molar-refractivity contribution in [1.29, 1.82) is 0 Å². The molecule has 1 saturated heterocycles. The zero-order chi connectivity index (χ0) is 12.5. The van der Waals surface area contributed by atoms with Crippen LogP contribution in [0.5, 0.6) is 0 Å². The molecular formula is C12H12ClN3O2. The number of nitrogens with zero attached hydrogens (tertiary/aromatic N) is 2.